The van der Waals surface area contributed by atoms with Crippen molar-refractivity contribution in [1.29, 1.82) is 0 Å². The minimum Gasteiger partial charge on any atom is -0.326 e. The van der Waals surface area contributed by atoms with Crippen LogP contribution < -0.4 is 10.9 Å². The van der Waals surface area contributed by atoms with Crippen LogP contribution in [-0.2, 0) is 21.4 Å². The second kappa shape index (κ2) is 10.0. The van der Waals surface area contributed by atoms with Gasteiger partial charge in [0.15, 0.2) is 11.2 Å². The second-order valence-electron chi connectivity index (χ2n) is 8.85. The van der Waals surface area contributed by atoms with Gasteiger partial charge in [-0.2, -0.15) is 4.31 Å². The normalized spacial score (nSPS) is 15.2. The van der Waals surface area contributed by atoms with Gasteiger partial charge in [0.05, 0.1) is 11.4 Å². The average molecular weight is 542 g/mol. The number of amides is 1. The number of nitrogens with zero attached hydrogens (tertiary/aromatic N) is 5. The largest absolute Gasteiger partial charge is 0.326 e. The summed E-state index contributed by atoms with van der Waals surface area (Å²) < 4.78 is 29.2. The van der Waals surface area contributed by atoms with Crippen LogP contribution in [0.4, 0.5) is 5.69 Å². The number of carbonyl (C=O) groups is 1. The SMILES string of the molecule is CC(=O)Nc1ccc(S(=O)(=O)N2CCC(c3nc4c(nnn4Cc4ccccc4Cl)c(=O)[nH]3)CC2)cc1. The first-order valence-electron chi connectivity index (χ1n) is 11.7. The Bertz CT molecular complexity index is 1630. The number of piperidine rings is 1. The summed E-state index contributed by atoms with van der Waals surface area (Å²) in [5, 5.41) is 11.3. The molecule has 1 aliphatic heterocycles. The van der Waals surface area contributed by atoms with Crippen LogP contribution in [-0.4, -0.2) is 56.7 Å². The van der Waals surface area contributed by atoms with Crippen molar-refractivity contribution in [1.82, 2.24) is 29.3 Å². The van der Waals surface area contributed by atoms with Crippen molar-refractivity contribution >= 4 is 44.4 Å². The summed E-state index contributed by atoms with van der Waals surface area (Å²) in [5.74, 6) is 0.122. The summed E-state index contributed by atoms with van der Waals surface area (Å²) in [6.45, 7) is 2.25. The Labute approximate surface area is 217 Å². The molecule has 3 heterocycles. The van der Waals surface area contributed by atoms with Gasteiger partial charge in [0, 0.05) is 36.6 Å². The highest BCUT2D eigenvalue weighted by molar-refractivity contribution is 7.89. The van der Waals surface area contributed by atoms with Gasteiger partial charge < -0.3 is 10.3 Å². The van der Waals surface area contributed by atoms with Gasteiger partial charge in [-0.1, -0.05) is 35.0 Å². The lowest BCUT2D eigenvalue weighted by Gasteiger charge is -2.30. The van der Waals surface area contributed by atoms with Crippen LogP contribution in [0.3, 0.4) is 0 Å². The van der Waals surface area contributed by atoms with E-state index in [4.69, 9.17) is 11.6 Å². The molecule has 2 aromatic heterocycles. The molecule has 4 aromatic rings. The van der Waals surface area contributed by atoms with Gasteiger partial charge in [-0.05, 0) is 48.7 Å². The van der Waals surface area contributed by atoms with Crippen molar-refractivity contribution in [2.75, 3.05) is 18.4 Å². The van der Waals surface area contributed by atoms with Gasteiger partial charge in [0.2, 0.25) is 15.9 Å². The van der Waals surface area contributed by atoms with Crippen LogP contribution in [0.1, 0.15) is 37.1 Å². The van der Waals surface area contributed by atoms with Crippen molar-refractivity contribution < 1.29 is 13.2 Å². The van der Waals surface area contributed by atoms with Crippen LogP contribution in [0.15, 0.2) is 58.2 Å². The number of hydrogen-bond donors (Lipinski definition) is 2. The molecule has 11 nitrogen and oxygen atoms in total. The molecular formula is C24H24ClN7O4S. The molecule has 0 radical (unpaired) electrons. The molecule has 0 atom stereocenters. The minimum absolute atomic E-state index is 0.130. The summed E-state index contributed by atoms with van der Waals surface area (Å²) in [4.78, 5) is 31.5. The molecule has 0 unspecified atom stereocenters. The summed E-state index contributed by atoms with van der Waals surface area (Å²) in [7, 11) is -3.70. The third-order valence-corrected chi connectivity index (χ3v) is 8.60. The first kappa shape index (κ1) is 25.1. The lowest BCUT2D eigenvalue weighted by Crippen LogP contribution is -2.38. The fraction of sp³-hybridized carbons (Fsp3) is 0.292. The summed E-state index contributed by atoms with van der Waals surface area (Å²) in [5.41, 5.74) is 1.45. The molecule has 2 N–H and O–H groups in total. The zero-order chi connectivity index (χ0) is 26.2. The number of benzene rings is 2. The van der Waals surface area contributed by atoms with Gasteiger partial charge in [0.1, 0.15) is 5.82 Å². The van der Waals surface area contributed by atoms with E-state index < -0.39 is 10.0 Å². The Kier molecular flexibility index (Phi) is 6.80. The second-order valence-corrected chi connectivity index (χ2v) is 11.2. The lowest BCUT2D eigenvalue weighted by molar-refractivity contribution is -0.114. The number of aromatic nitrogens is 5. The monoisotopic (exact) mass is 541 g/mol. The van der Waals surface area contributed by atoms with Gasteiger partial charge in [-0.3, -0.25) is 9.59 Å². The number of hydrogen-bond acceptors (Lipinski definition) is 7. The molecule has 1 fully saturated rings. The molecule has 5 rings (SSSR count). The van der Waals surface area contributed by atoms with Gasteiger partial charge >= 0.3 is 0 Å². The number of carbonyl (C=O) groups excluding carboxylic acids is 1. The van der Waals surface area contributed by atoms with Crippen LogP contribution in [0, 0.1) is 0 Å². The van der Waals surface area contributed by atoms with Crippen molar-refractivity contribution in [3.8, 4) is 0 Å². The van der Waals surface area contributed by atoms with Crippen molar-refractivity contribution in [3.05, 3.63) is 75.3 Å². The van der Waals surface area contributed by atoms with E-state index in [1.165, 1.54) is 23.4 Å². The third-order valence-electron chi connectivity index (χ3n) is 6.32. The van der Waals surface area contributed by atoms with Crippen LogP contribution >= 0.6 is 11.6 Å². The van der Waals surface area contributed by atoms with Crippen molar-refractivity contribution in [2.24, 2.45) is 0 Å². The molecule has 0 aliphatic carbocycles. The maximum atomic E-state index is 13.1. The molecular weight excluding hydrogens is 518 g/mol. The van der Waals surface area contributed by atoms with E-state index in [0.717, 1.165) is 5.56 Å². The number of fused-ring (bicyclic) bond motifs is 1. The first-order valence-corrected chi connectivity index (χ1v) is 13.5. The van der Waals surface area contributed by atoms with E-state index in [0.29, 0.717) is 41.6 Å². The van der Waals surface area contributed by atoms with Crippen LogP contribution in [0.25, 0.3) is 11.2 Å². The van der Waals surface area contributed by atoms with E-state index in [9.17, 15) is 18.0 Å². The number of H-pyrrole nitrogens is 1. The number of nitrogens with one attached hydrogen (secondary N) is 2. The highest BCUT2D eigenvalue weighted by Crippen LogP contribution is 2.29. The van der Waals surface area contributed by atoms with Gasteiger partial charge in [0.25, 0.3) is 5.56 Å². The average Bonchev–Trinajstić information content (AvgIpc) is 3.29. The van der Waals surface area contributed by atoms with Crippen LogP contribution in [0.2, 0.25) is 5.02 Å². The molecule has 2 aromatic carbocycles. The zero-order valence-electron chi connectivity index (χ0n) is 19.9. The molecule has 0 bridgehead atoms. The Morgan fingerprint density at radius 2 is 1.84 bits per heavy atom. The quantitative estimate of drug-likeness (QED) is 0.382. The third kappa shape index (κ3) is 5.13. The van der Waals surface area contributed by atoms with E-state index in [1.807, 2.05) is 18.2 Å². The zero-order valence-corrected chi connectivity index (χ0v) is 21.5. The molecule has 0 spiro atoms. The predicted octanol–water partition coefficient (Wildman–Crippen LogP) is 2.74. The predicted molar refractivity (Wildman–Crippen MR) is 138 cm³/mol. The number of aromatic amines is 1. The van der Waals surface area contributed by atoms with E-state index in [-0.39, 0.29) is 40.9 Å². The Hall–Kier alpha value is -3.61. The molecule has 1 aliphatic rings. The topological polar surface area (TPSA) is 143 Å². The van der Waals surface area contributed by atoms with E-state index in [2.05, 4.69) is 25.6 Å². The summed E-state index contributed by atoms with van der Waals surface area (Å²) in [6, 6.07) is 13.4. The Morgan fingerprint density at radius 3 is 2.51 bits per heavy atom. The molecule has 192 valence electrons. The highest BCUT2D eigenvalue weighted by Gasteiger charge is 2.31. The Balaban J connectivity index is 1.33. The first-order chi connectivity index (χ1) is 17.7. The van der Waals surface area contributed by atoms with Gasteiger partial charge in [-0.25, -0.2) is 18.1 Å². The maximum Gasteiger partial charge on any atom is 0.281 e. The lowest BCUT2D eigenvalue weighted by atomic mass is 9.97. The molecule has 1 amide bonds. The number of rotatable bonds is 6. The van der Waals surface area contributed by atoms with Crippen molar-refractivity contribution in [3.63, 3.8) is 0 Å². The molecule has 1 saturated heterocycles. The standard InChI is InChI=1S/C24H24ClN7O4S/c1-15(33)26-18-6-8-19(9-7-18)37(35,36)31-12-10-16(11-13-31)22-27-23-21(24(34)28-22)29-30-32(23)14-17-4-2-3-5-20(17)25/h2-9,16H,10-14H2,1H3,(H,26,33)(H,27,28,34). The maximum absolute atomic E-state index is 13.1. The van der Waals surface area contributed by atoms with Gasteiger partial charge in [-0.15, -0.1) is 5.10 Å². The van der Waals surface area contributed by atoms with E-state index in [1.54, 1.807) is 22.9 Å². The summed E-state index contributed by atoms with van der Waals surface area (Å²) in [6.07, 6.45) is 0.980. The fourth-order valence-electron chi connectivity index (χ4n) is 4.40. The molecule has 13 heteroatoms. The molecule has 37 heavy (non-hydrogen) atoms. The Morgan fingerprint density at radius 1 is 1.14 bits per heavy atom. The summed E-state index contributed by atoms with van der Waals surface area (Å²) >= 11 is 6.28. The number of halogens is 1. The molecule has 0 saturated carbocycles. The minimum atomic E-state index is -3.70. The smallest absolute Gasteiger partial charge is 0.281 e. The number of anilines is 1. The van der Waals surface area contributed by atoms with E-state index >= 15 is 0 Å². The fourth-order valence-corrected chi connectivity index (χ4v) is 6.07. The van der Waals surface area contributed by atoms with Crippen LogP contribution in [0.5, 0.6) is 0 Å². The van der Waals surface area contributed by atoms with Crippen molar-refractivity contribution in [2.45, 2.75) is 37.1 Å². The number of sulfonamides is 1. The highest BCUT2D eigenvalue weighted by atomic mass is 35.5.